The number of non-ortho nitro benzene ring substituents is 1. The molecule has 1 aromatic rings. The van der Waals surface area contributed by atoms with Crippen molar-refractivity contribution >= 4 is 29.4 Å². The van der Waals surface area contributed by atoms with Crippen molar-refractivity contribution in [2.45, 2.75) is 0 Å². The number of rotatable bonds is 10. The molecule has 1 aromatic carbocycles. The number of hydrogen-bond acceptors (Lipinski definition) is 9. The molecule has 27 heavy (non-hydrogen) atoms. The van der Waals surface area contributed by atoms with Crippen LogP contribution in [0.2, 0.25) is 0 Å². The standard InChI is InChI=1S/C14H18N6O7/c15-19-7-13(23)17-5-11(21)16-6-12(22)18-8-14(24)27-10-3-1-9(2-4-10)20(25)26/h1-4,19H,5-8,15H2,(H,16,21)(H,17,23)(H,18,22). The van der Waals surface area contributed by atoms with Gasteiger partial charge in [0.15, 0.2) is 0 Å². The van der Waals surface area contributed by atoms with E-state index < -0.39 is 41.7 Å². The van der Waals surface area contributed by atoms with Crippen LogP contribution in [0.5, 0.6) is 5.75 Å². The Kier molecular flexibility index (Phi) is 8.84. The number of nitro benzene ring substituents is 1. The van der Waals surface area contributed by atoms with Crippen LogP contribution in [0.25, 0.3) is 0 Å². The summed E-state index contributed by atoms with van der Waals surface area (Å²) in [6, 6.07) is 4.82. The lowest BCUT2D eigenvalue weighted by atomic mass is 10.3. The number of benzene rings is 1. The Hall–Kier alpha value is -3.58. The minimum Gasteiger partial charge on any atom is -0.425 e. The number of hydrazine groups is 1. The molecule has 0 spiro atoms. The lowest BCUT2D eigenvalue weighted by molar-refractivity contribution is -0.384. The summed E-state index contributed by atoms with van der Waals surface area (Å²) in [5.41, 5.74) is 1.95. The van der Waals surface area contributed by atoms with Crippen LogP contribution >= 0.6 is 0 Å². The monoisotopic (exact) mass is 382 g/mol. The van der Waals surface area contributed by atoms with Crippen molar-refractivity contribution in [3.63, 3.8) is 0 Å². The average molecular weight is 382 g/mol. The number of ether oxygens (including phenoxy) is 1. The van der Waals surface area contributed by atoms with E-state index in [1.807, 2.05) is 0 Å². The van der Waals surface area contributed by atoms with Crippen molar-refractivity contribution in [1.29, 1.82) is 0 Å². The third-order valence-corrected chi connectivity index (χ3v) is 2.86. The van der Waals surface area contributed by atoms with E-state index >= 15 is 0 Å². The highest BCUT2D eigenvalue weighted by Gasteiger charge is 2.11. The fourth-order valence-electron chi connectivity index (χ4n) is 1.61. The van der Waals surface area contributed by atoms with Gasteiger partial charge in [0.1, 0.15) is 12.3 Å². The van der Waals surface area contributed by atoms with E-state index in [0.29, 0.717) is 0 Å². The fourth-order valence-corrected chi connectivity index (χ4v) is 1.61. The van der Waals surface area contributed by atoms with Gasteiger partial charge in [0, 0.05) is 12.1 Å². The van der Waals surface area contributed by atoms with Gasteiger partial charge in [-0.1, -0.05) is 0 Å². The van der Waals surface area contributed by atoms with E-state index in [4.69, 9.17) is 10.6 Å². The summed E-state index contributed by atoms with van der Waals surface area (Å²) in [5.74, 6) is 2.45. The Morgan fingerprint density at radius 2 is 1.37 bits per heavy atom. The number of carbonyl (C=O) groups excluding carboxylic acids is 4. The molecule has 0 saturated carbocycles. The lowest BCUT2D eigenvalue weighted by Gasteiger charge is -2.08. The van der Waals surface area contributed by atoms with Crippen molar-refractivity contribution in [3.05, 3.63) is 34.4 Å². The van der Waals surface area contributed by atoms with Crippen molar-refractivity contribution in [2.75, 3.05) is 26.2 Å². The Labute approximate surface area is 152 Å². The largest absolute Gasteiger partial charge is 0.425 e. The highest BCUT2D eigenvalue weighted by atomic mass is 16.6. The average Bonchev–Trinajstić information content (AvgIpc) is 2.63. The zero-order valence-electron chi connectivity index (χ0n) is 14.0. The van der Waals surface area contributed by atoms with Gasteiger partial charge >= 0.3 is 5.97 Å². The number of nitrogens with two attached hydrogens (primary N) is 1. The molecular formula is C14H18N6O7. The van der Waals surface area contributed by atoms with Gasteiger partial charge < -0.3 is 20.7 Å². The number of nitrogens with one attached hydrogen (secondary N) is 4. The normalized spacial score (nSPS) is 9.81. The predicted molar refractivity (Wildman–Crippen MR) is 90.0 cm³/mol. The van der Waals surface area contributed by atoms with Crippen molar-refractivity contribution in [2.24, 2.45) is 5.84 Å². The summed E-state index contributed by atoms with van der Waals surface area (Å²) in [4.78, 5) is 55.5. The molecule has 0 aliphatic heterocycles. The summed E-state index contributed by atoms with van der Waals surface area (Å²) >= 11 is 0. The number of amides is 3. The van der Waals surface area contributed by atoms with E-state index in [2.05, 4.69) is 21.4 Å². The molecule has 0 radical (unpaired) electrons. The molecule has 0 saturated heterocycles. The Morgan fingerprint density at radius 1 is 0.889 bits per heavy atom. The Balaban J connectivity index is 2.25. The topological polar surface area (TPSA) is 195 Å². The summed E-state index contributed by atoms with van der Waals surface area (Å²) in [7, 11) is 0. The van der Waals surface area contributed by atoms with Crippen molar-refractivity contribution in [3.8, 4) is 5.75 Å². The molecule has 0 heterocycles. The van der Waals surface area contributed by atoms with E-state index in [9.17, 15) is 29.3 Å². The van der Waals surface area contributed by atoms with Crippen molar-refractivity contribution < 1.29 is 28.8 Å². The van der Waals surface area contributed by atoms with E-state index in [-0.39, 0.29) is 24.5 Å². The quantitative estimate of drug-likeness (QED) is 0.0941. The summed E-state index contributed by atoms with van der Waals surface area (Å²) in [5, 5.41) is 17.2. The second-order valence-electron chi connectivity index (χ2n) is 4.94. The highest BCUT2D eigenvalue weighted by molar-refractivity contribution is 5.89. The second-order valence-corrected chi connectivity index (χ2v) is 4.94. The molecule has 0 unspecified atom stereocenters. The molecule has 0 aliphatic carbocycles. The molecule has 0 aromatic heterocycles. The van der Waals surface area contributed by atoms with Gasteiger partial charge in [-0.25, -0.2) is 4.79 Å². The van der Waals surface area contributed by atoms with Crippen LogP contribution in [0, 0.1) is 10.1 Å². The van der Waals surface area contributed by atoms with E-state index in [0.717, 1.165) is 0 Å². The summed E-state index contributed by atoms with van der Waals surface area (Å²) in [6.45, 7) is -1.38. The first-order valence-electron chi connectivity index (χ1n) is 7.50. The zero-order chi connectivity index (χ0) is 20.2. The number of hydrogen-bond donors (Lipinski definition) is 5. The number of esters is 1. The lowest BCUT2D eigenvalue weighted by Crippen LogP contribution is -2.45. The van der Waals surface area contributed by atoms with Crippen LogP contribution in [0.15, 0.2) is 24.3 Å². The number of nitro groups is 1. The van der Waals surface area contributed by atoms with Crippen LogP contribution in [-0.2, 0) is 19.2 Å². The minimum atomic E-state index is -0.801. The van der Waals surface area contributed by atoms with E-state index in [1.54, 1.807) is 0 Å². The maximum absolute atomic E-state index is 11.6. The van der Waals surface area contributed by atoms with Gasteiger partial charge in [-0.2, -0.15) is 0 Å². The van der Waals surface area contributed by atoms with Gasteiger partial charge in [-0.05, 0) is 12.1 Å². The van der Waals surface area contributed by atoms with Crippen LogP contribution in [-0.4, -0.2) is 54.8 Å². The smallest absolute Gasteiger partial charge is 0.330 e. The first-order chi connectivity index (χ1) is 12.8. The second kappa shape index (κ2) is 11.1. The molecule has 0 bridgehead atoms. The van der Waals surface area contributed by atoms with E-state index in [1.165, 1.54) is 24.3 Å². The summed E-state index contributed by atoms with van der Waals surface area (Å²) < 4.78 is 4.89. The van der Waals surface area contributed by atoms with Crippen LogP contribution in [0.1, 0.15) is 0 Å². The molecule has 146 valence electrons. The van der Waals surface area contributed by atoms with Crippen LogP contribution in [0.4, 0.5) is 5.69 Å². The van der Waals surface area contributed by atoms with Crippen LogP contribution in [0.3, 0.4) is 0 Å². The number of nitrogens with zero attached hydrogens (tertiary/aromatic N) is 1. The third kappa shape index (κ3) is 8.89. The van der Waals surface area contributed by atoms with Gasteiger partial charge in [0.2, 0.25) is 17.7 Å². The van der Waals surface area contributed by atoms with Gasteiger partial charge in [0.05, 0.1) is 24.6 Å². The molecule has 6 N–H and O–H groups in total. The Bertz CT molecular complexity index is 706. The van der Waals surface area contributed by atoms with Crippen LogP contribution < -0.4 is 32.0 Å². The molecule has 13 nitrogen and oxygen atoms in total. The highest BCUT2D eigenvalue weighted by Crippen LogP contribution is 2.17. The first kappa shape index (κ1) is 21.5. The summed E-state index contributed by atoms with van der Waals surface area (Å²) in [6.07, 6.45) is 0. The first-order valence-corrected chi connectivity index (χ1v) is 7.50. The SMILES string of the molecule is NNCC(=O)NCC(=O)NCC(=O)NCC(=O)Oc1ccc([N+](=O)[O-])cc1. The Morgan fingerprint density at radius 3 is 1.85 bits per heavy atom. The molecule has 0 fully saturated rings. The van der Waals surface area contributed by atoms with Gasteiger partial charge in [-0.3, -0.25) is 35.8 Å². The van der Waals surface area contributed by atoms with Gasteiger partial charge in [-0.15, -0.1) is 0 Å². The molecular weight excluding hydrogens is 364 g/mol. The van der Waals surface area contributed by atoms with Gasteiger partial charge in [0.25, 0.3) is 5.69 Å². The molecule has 13 heteroatoms. The zero-order valence-corrected chi connectivity index (χ0v) is 14.0. The molecule has 0 aliphatic rings. The molecule has 1 rings (SSSR count). The van der Waals surface area contributed by atoms with Crippen molar-refractivity contribution in [1.82, 2.24) is 21.4 Å². The molecule has 0 atom stereocenters. The maximum Gasteiger partial charge on any atom is 0.330 e. The number of carbonyl (C=O) groups is 4. The minimum absolute atomic E-state index is 0.0795. The molecule has 3 amide bonds. The predicted octanol–water partition coefficient (Wildman–Crippen LogP) is -2.69. The fraction of sp³-hybridized carbons (Fsp3) is 0.286. The third-order valence-electron chi connectivity index (χ3n) is 2.86. The maximum atomic E-state index is 11.6.